The van der Waals surface area contributed by atoms with Crippen molar-refractivity contribution in [2.45, 2.75) is 20.4 Å². The van der Waals surface area contributed by atoms with Crippen molar-refractivity contribution < 1.29 is 0 Å². The van der Waals surface area contributed by atoms with E-state index >= 15 is 0 Å². The van der Waals surface area contributed by atoms with Crippen LogP contribution in [-0.4, -0.2) is 4.98 Å². The van der Waals surface area contributed by atoms with Crippen molar-refractivity contribution in [1.82, 2.24) is 10.3 Å². The van der Waals surface area contributed by atoms with Gasteiger partial charge in [0.2, 0.25) is 0 Å². The molecule has 2 heteroatoms. The molecule has 0 saturated carbocycles. The van der Waals surface area contributed by atoms with E-state index in [1.807, 2.05) is 25.3 Å². The third-order valence-corrected chi connectivity index (χ3v) is 3.25. The van der Waals surface area contributed by atoms with Crippen molar-refractivity contribution in [2.24, 2.45) is 0 Å². The molecular weight excluding hydrogens is 232 g/mol. The zero-order valence-corrected chi connectivity index (χ0v) is 11.6. The molecular formula is C17H20N2. The molecule has 0 bridgehead atoms. The van der Waals surface area contributed by atoms with Crippen LogP contribution in [0.5, 0.6) is 0 Å². The molecule has 0 unspecified atom stereocenters. The molecule has 0 spiro atoms. The van der Waals surface area contributed by atoms with Gasteiger partial charge in [-0.1, -0.05) is 37.0 Å². The number of fused-ring (bicyclic) bond motifs is 1. The second kappa shape index (κ2) is 5.61. The second-order valence-electron chi connectivity index (χ2n) is 4.71. The lowest BCUT2D eigenvalue weighted by atomic mass is 10.1. The molecule has 0 aromatic carbocycles. The van der Waals surface area contributed by atoms with Crippen LogP contribution in [0.3, 0.4) is 0 Å². The van der Waals surface area contributed by atoms with Crippen LogP contribution in [0, 0.1) is 0 Å². The molecule has 0 radical (unpaired) electrons. The summed E-state index contributed by atoms with van der Waals surface area (Å²) in [5.41, 5.74) is 4.48. The fourth-order valence-corrected chi connectivity index (χ4v) is 1.98. The summed E-state index contributed by atoms with van der Waals surface area (Å²) in [4.78, 5) is 3.44. The van der Waals surface area contributed by atoms with E-state index in [-0.39, 0.29) is 0 Å². The maximum absolute atomic E-state index is 4.19. The fraction of sp³-hybridized carbons (Fsp3) is 0.176. The van der Waals surface area contributed by atoms with Gasteiger partial charge in [-0.2, -0.15) is 0 Å². The first-order valence-corrected chi connectivity index (χ1v) is 6.43. The van der Waals surface area contributed by atoms with Gasteiger partial charge in [0.25, 0.3) is 0 Å². The Balaban J connectivity index is 2.58. The first-order chi connectivity index (χ1) is 9.11. The number of H-pyrrole nitrogens is 1. The molecule has 1 aliphatic rings. The molecule has 0 fully saturated rings. The number of allylic oxidation sites excluding steroid dienone is 5. The molecule has 0 amide bonds. The lowest BCUT2D eigenvalue weighted by molar-refractivity contribution is 0.840. The van der Waals surface area contributed by atoms with Gasteiger partial charge in [0.15, 0.2) is 0 Å². The summed E-state index contributed by atoms with van der Waals surface area (Å²) in [5.74, 6) is 0. The minimum Gasteiger partial charge on any atom is -0.385 e. The molecule has 1 aliphatic heterocycles. The molecule has 19 heavy (non-hydrogen) atoms. The van der Waals surface area contributed by atoms with E-state index in [1.54, 1.807) is 0 Å². The minimum atomic E-state index is 0.759. The minimum absolute atomic E-state index is 0.759. The average molecular weight is 252 g/mol. The van der Waals surface area contributed by atoms with Gasteiger partial charge in [-0.3, -0.25) is 0 Å². The summed E-state index contributed by atoms with van der Waals surface area (Å²) in [6.45, 7) is 13.0. The monoisotopic (exact) mass is 252 g/mol. The van der Waals surface area contributed by atoms with Crippen molar-refractivity contribution in [2.75, 3.05) is 0 Å². The summed E-state index contributed by atoms with van der Waals surface area (Å²) < 4.78 is 0. The highest BCUT2D eigenvalue weighted by molar-refractivity contribution is 5.59. The van der Waals surface area contributed by atoms with Gasteiger partial charge in [-0.15, -0.1) is 0 Å². The van der Waals surface area contributed by atoms with Crippen LogP contribution in [0.2, 0.25) is 0 Å². The Bertz CT molecular complexity index is 682. The maximum atomic E-state index is 4.19. The van der Waals surface area contributed by atoms with Crippen LogP contribution >= 0.6 is 0 Å². The van der Waals surface area contributed by atoms with E-state index in [9.17, 15) is 0 Å². The summed E-state index contributed by atoms with van der Waals surface area (Å²) in [6, 6.07) is 0. The molecule has 0 atom stereocenters. The highest BCUT2D eigenvalue weighted by Gasteiger charge is 2.05. The number of nitrogens with one attached hydrogen (secondary N) is 2. The highest BCUT2D eigenvalue weighted by atomic mass is 14.9. The normalized spacial score (nSPS) is 20.0. The van der Waals surface area contributed by atoms with Gasteiger partial charge in [0, 0.05) is 16.6 Å². The van der Waals surface area contributed by atoms with Crippen LogP contribution in [-0.2, 0) is 6.54 Å². The standard InChI is InChI=1S/C17H20N2/c1-5-12(2)10-16-14(4)15-7-6-13(3)8-9-18-11-17(15)19-16/h5-10,18-19H,3-4,11H2,1-2H3/b7-6-,9-8-,12-5-,16-10+. The SMILES string of the molecule is C=C1/C=C\NCc2[nH]/c(=C/C(C)=C\C)c(=C)c2/C=C\1. The first-order valence-electron chi connectivity index (χ1n) is 6.43. The van der Waals surface area contributed by atoms with Gasteiger partial charge in [-0.25, -0.2) is 0 Å². The van der Waals surface area contributed by atoms with E-state index in [0.29, 0.717) is 0 Å². The third-order valence-electron chi connectivity index (χ3n) is 3.25. The molecule has 2 N–H and O–H groups in total. The second-order valence-corrected chi connectivity index (χ2v) is 4.71. The molecule has 0 aliphatic carbocycles. The number of aromatic amines is 1. The number of hydrogen-bond donors (Lipinski definition) is 2. The van der Waals surface area contributed by atoms with Gasteiger partial charge in [0.1, 0.15) is 0 Å². The summed E-state index contributed by atoms with van der Waals surface area (Å²) >= 11 is 0. The molecule has 1 aromatic heterocycles. The van der Waals surface area contributed by atoms with Crippen molar-refractivity contribution in [1.29, 1.82) is 0 Å². The molecule has 2 heterocycles. The summed E-state index contributed by atoms with van der Waals surface area (Å²) in [7, 11) is 0. The number of rotatable bonds is 1. The third kappa shape index (κ3) is 2.97. The highest BCUT2D eigenvalue weighted by Crippen LogP contribution is 2.07. The van der Waals surface area contributed by atoms with E-state index in [4.69, 9.17) is 0 Å². The van der Waals surface area contributed by atoms with Crippen LogP contribution in [0.1, 0.15) is 25.1 Å². The predicted octanol–water partition coefficient (Wildman–Crippen LogP) is 2.36. The van der Waals surface area contributed by atoms with E-state index < -0.39 is 0 Å². The Morgan fingerprint density at radius 3 is 2.79 bits per heavy atom. The van der Waals surface area contributed by atoms with Gasteiger partial charge in [-0.05, 0) is 43.0 Å². The zero-order chi connectivity index (χ0) is 13.8. The lowest BCUT2D eigenvalue weighted by Crippen LogP contribution is -2.22. The Labute approximate surface area is 114 Å². The van der Waals surface area contributed by atoms with Gasteiger partial charge in [0.05, 0.1) is 6.54 Å². The molecule has 98 valence electrons. The Hall–Kier alpha value is -2.22. The lowest BCUT2D eigenvalue weighted by Gasteiger charge is -1.99. The maximum Gasteiger partial charge on any atom is 0.0552 e. The largest absolute Gasteiger partial charge is 0.385 e. The predicted molar refractivity (Wildman–Crippen MR) is 83.6 cm³/mol. The fourth-order valence-electron chi connectivity index (χ4n) is 1.98. The van der Waals surface area contributed by atoms with E-state index in [0.717, 1.165) is 33.9 Å². The van der Waals surface area contributed by atoms with Gasteiger partial charge < -0.3 is 10.3 Å². The van der Waals surface area contributed by atoms with Crippen LogP contribution in [0.25, 0.3) is 18.7 Å². The van der Waals surface area contributed by atoms with E-state index in [2.05, 4.69) is 48.6 Å². The van der Waals surface area contributed by atoms with Crippen molar-refractivity contribution in [3.63, 3.8) is 0 Å². The van der Waals surface area contributed by atoms with Crippen molar-refractivity contribution in [3.05, 3.63) is 64.0 Å². The Kier molecular flexibility index (Phi) is 3.91. The van der Waals surface area contributed by atoms with Crippen molar-refractivity contribution >= 4 is 18.7 Å². The topological polar surface area (TPSA) is 27.8 Å². The van der Waals surface area contributed by atoms with E-state index in [1.165, 1.54) is 5.57 Å². The zero-order valence-electron chi connectivity index (χ0n) is 11.6. The molecule has 1 aromatic rings. The number of hydrogen-bond acceptors (Lipinski definition) is 1. The quantitative estimate of drug-likeness (QED) is 0.789. The molecule has 2 nitrogen and oxygen atoms in total. The number of aromatic nitrogens is 1. The summed E-state index contributed by atoms with van der Waals surface area (Å²) in [5, 5.41) is 5.36. The van der Waals surface area contributed by atoms with Crippen LogP contribution < -0.4 is 15.9 Å². The Morgan fingerprint density at radius 2 is 2.05 bits per heavy atom. The average Bonchev–Trinajstić information content (AvgIpc) is 2.72. The van der Waals surface area contributed by atoms with Crippen LogP contribution in [0.4, 0.5) is 0 Å². The molecule has 2 rings (SSSR count). The van der Waals surface area contributed by atoms with Crippen LogP contribution in [0.15, 0.2) is 42.2 Å². The van der Waals surface area contributed by atoms with Gasteiger partial charge >= 0.3 is 0 Å². The summed E-state index contributed by atoms with van der Waals surface area (Å²) in [6.07, 6.45) is 12.2. The Morgan fingerprint density at radius 1 is 1.26 bits per heavy atom. The van der Waals surface area contributed by atoms with Crippen molar-refractivity contribution in [3.8, 4) is 0 Å². The molecule has 0 saturated heterocycles. The smallest absolute Gasteiger partial charge is 0.0552 e. The first kappa shape index (κ1) is 13.2.